The minimum absolute atomic E-state index is 0.750. The molecule has 96 valence electrons. The summed E-state index contributed by atoms with van der Waals surface area (Å²) < 4.78 is 0. The van der Waals surface area contributed by atoms with E-state index in [4.69, 9.17) is 11.1 Å². The Balaban J connectivity index is 0.000000293. The van der Waals surface area contributed by atoms with E-state index in [0.717, 1.165) is 45.0 Å². The van der Waals surface area contributed by atoms with E-state index in [2.05, 4.69) is 24.1 Å². The topological polar surface area (TPSA) is 65.1 Å². The van der Waals surface area contributed by atoms with E-state index in [-0.39, 0.29) is 0 Å². The monoisotopic (exact) mass is 228 g/mol. The Bertz CT molecular complexity index is 166. The third-order valence-corrected chi connectivity index (χ3v) is 2.46. The largest absolute Gasteiger partial charge is 0.361 e. The Morgan fingerprint density at radius 1 is 1.31 bits per heavy atom. The van der Waals surface area contributed by atoms with Crippen molar-refractivity contribution in [2.45, 2.75) is 39.5 Å². The Morgan fingerprint density at radius 3 is 2.50 bits per heavy atom. The molecule has 0 bridgehead atoms. The Kier molecular flexibility index (Phi) is 10.5. The molecule has 4 nitrogen and oxygen atoms in total. The molecular formula is C12H28N4. The van der Waals surface area contributed by atoms with E-state index in [1.54, 1.807) is 0 Å². The van der Waals surface area contributed by atoms with Gasteiger partial charge in [-0.3, -0.25) is 5.41 Å². The molecule has 0 aromatic rings. The van der Waals surface area contributed by atoms with Crippen molar-refractivity contribution < 1.29 is 0 Å². The van der Waals surface area contributed by atoms with E-state index < -0.39 is 0 Å². The van der Waals surface area contributed by atoms with Gasteiger partial charge in [-0.15, -0.1) is 0 Å². The molecule has 1 fully saturated rings. The summed E-state index contributed by atoms with van der Waals surface area (Å²) in [4.78, 5) is 2.17. The van der Waals surface area contributed by atoms with Crippen molar-refractivity contribution in [2.24, 2.45) is 5.73 Å². The van der Waals surface area contributed by atoms with Crippen LogP contribution in [0.15, 0.2) is 0 Å². The zero-order valence-electron chi connectivity index (χ0n) is 10.9. The number of rotatable bonds is 6. The van der Waals surface area contributed by atoms with Gasteiger partial charge in [0.1, 0.15) is 0 Å². The van der Waals surface area contributed by atoms with Crippen LogP contribution < -0.4 is 11.1 Å². The van der Waals surface area contributed by atoms with Gasteiger partial charge in [-0.05, 0) is 25.8 Å². The minimum Gasteiger partial charge on any atom is -0.361 e. The number of nitrogens with one attached hydrogen (secondary N) is 2. The van der Waals surface area contributed by atoms with Gasteiger partial charge >= 0.3 is 0 Å². The summed E-state index contributed by atoms with van der Waals surface area (Å²) in [7, 11) is 0. The van der Waals surface area contributed by atoms with E-state index >= 15 is 0 Å². The van der Waals surface area contributed by atoms with E-state index in [9.17, 15) is 0 Å². The lowest BCUT2D eigenvalue weighted by molar-refractivity contribution is 0.450. The molecule has 1 rings (SSSR count). The van der Waals surface area contributed by atoms with Gasteiger partial charge in [-0.2, -0.15) is 0 Å². The van der Waals surface area contributed by atoms with Crippen LogP contribution in [0, 0.1) is 5.41 Å². The SMILES string of the molecule is CCCN1CCCC1=N.CCCNCCN. The average molecular weight is 228 g/mol. The van der Waals surface area contributed by atoms with Gasteiger partial charge in [-0.1, -0.05) is 13.8 Å². The smallest absolute Gasteiger partial charge is 0.0958 e. The van der Waals surface area contributed by atoms with Crippen LogP contribution in [0.25, 0.3) is 0 Å². The van der Waals surface area contributed by atoms with Crippen molar-refractivity contribution in [2.75, 3.05) is 32.7 Å². The lowest BCUT2D eigenvalue weighted by Gasteiger charge is -2.15. The molecule has 0 unspecified atom stereocenters. The van der Waals surface area contributed by atoms with Crippen molar-refractivity contribution in [1.29, 1.82) is 5.41 Å². The first-order valence-electron chi connectivity index (χ1n) is 6.49. The fraction of sp³-hybridized carbons (Fsp3) is 0.917. The summed E-state index contributed by atoms with van der Waals surface area (Å²) in [5.41, 5.74) is 5.21. The van der Waals surface area contributed by atoms with Crippen LogP contribution in [0.4, 0.5) is 0 Å². The second kappa shape index (κ2) is 10.9. The molecule has 0 atom stereocenters. The summed E-state index contributed by atoms with van der Waals surface area (Å²) >= 11 is 0. The summed E-state index contributed by atoms with van der Waals surface area (Å²) in [6, 6.07) is 0. The first-order chi connectivity index (χ1) is 7.76. The Labute approximate surface area is 100 Å². The number of hydrogen-bond donors (Lipinski definition) is 3. The number of nitrogens with zero attached hydrogens (tertiary/aromatic N) is 1. The molecule has 1 saturated heterocycles. The maximum absolute atomic E-state index is 7.44. The predicted molar refractivity (Wildman–Crippen MR) is 71.0 cm³/mol. The van der Waals surface area contributed by atoms with Crippen molar-refractivity contribution >= 4 is 5.84 Å². The average Bonchev–Trinajstić information content (AvgIpc) is 2.67. The normalized spacial score (nSPS) is 14.9. The van der Waals surface area contributed by atoms with Crippen LogP contribution in [0.5, 0.6) is 0 Å². The number of likely N-dealkylation sites (tertiary alicyclic amines) is 1. The molecule has 0 radical (unpaired) electrons. The third-order valence-electron chi connectivity index (χ3n) is 2.46. The van der Waals surface area contributed by atoms with E-state index in [1.807, 2.05) is 0 Å². The summed E-state index contributed by atoms with van der Waals surface area (Å²) in [6.45, 7) is 9.30. The van der Waals surface area contributed by atoms with Gasteiger partial charge in [0, 0.05) is 32.6 Å². The van der Waals surface area contributed by atoms with Gasteiger partial charge in [-0.25, -0.2) is 0 Å². The maximum Gasteiger partial charge on any atom is 0.0958 e. The van der Waals surface area contributed by atoms with Crippen molar-refractivity contribution in [1.82, 2.24) is 10.2 Å². The fourth-order valence-corrected chi connectivity index (χ4v) is 1.65. The van der Waals surface area contributed by atoms with Crippen LogP contribution >= 0.6 is 0 Å². The molecule has 4 N–H and O–H groups in total. The van der Waals surface area contributed by atoms with Crippen molar-refractivity contribution in [3.8, 4) is 0 Å². The Hall–Kier alpha value is -0.610. The van der Waals surface area contributed by atoms with Crippen LogP contribution in [-0.4, -0.2) is 43.5 Å². The van der Waals surface area contributed by atoms with Gasteiger partial charge in [0.25, 0.3) is 0 Å². The molecule has 0 aliphatic carbocycles. The van der Waals surface area contributed by atoms with Crippen molar-refractivity contribution in [3.63, 3.8) is 0 Å². The second-order valence-electron chi connectivity index (χ2n) is 4.08. The molecule has 1 heterocycles. The van der Waals surface area contributed by atoms with Crippen LogP contribution in [-0.2, 0) is 0 Å². The second-order valence-corrected chi connectivity index (χ2v) is 4.08. The third kappa shape index (κ3) is 7.65. The highest BCUT2D eigenvalue weighted by Gasteiger charge is 2.14. The molecule has 0 aromatic carbocycles. The molecule has 1 aliphatic rings. The summed E-state index contributed by atoms with van der Waals surface area (Å²) in [5.74, 6) is 0.844. The fourth-order valence-electron chi connectivity index (χ4n) is 1.65. The summed E-state index contributed by atoms with van der Waals surface area (Å²) in [5, 5.41) is 10.6. The number of nitrogens with two attached hydrogens (primary N) is 1. The van der Waals surface area contributed by atoms with E-state index in [0.29, 0.717) is 0 Å². The van der Waals surface area contributed by atoms with Gasteiger partial charge in [0.15, 0.2) is 0 Å². The predicted octanol–water partition coefficient (Wildman–Crippen LogP) is 1.41. The van der Waals surface area contributed by atoms with Gasteiger partial charge in [0.05, 0.1) is 5.84 Å². The minimum atomic E-state index is 0.750. The van der Waals surface area contributed by atoms with Crippen LogP contribution in [0.3, 0.4) is 0 Å². The molecule has 0 spiro atoms. The molecule has 16 heavy (non-hydrogen) atoms. The zero-order chi connectivity index (χ0) is 12.2. The summed E-state index contributed by atoms with van der Waals surface area (Å²) in [6.07, 6.45) is 4.56. The zero-order valence-corrected chi connectivity index (χ0v) is 10.9. The standard InChI is InChI=1S/C7H14N2.C5H14N2/c1-2-5-9-6-3-4-7(9)8;1-2-4-7-5-3-6/h8H,2-6H2,1H3;7H,2-6H2,1H3. The molecule has 0 aromatic heterocycles. The molecular weight excluding hydrogens is 200 g/mol. The first-order valence-corrected chi connectivity index (χ1v) is 6.49. The maximum atomic E-state index is 7.44. The number of hydrogen-bond acceptors (Lipinski definition) is 3. The number of amidine groups is 1. The quantitative estimate of drug-likeness (QED) is 0.602. The van der Waals surface area contributed by atoms with Crippen molar-refractivity contribution in [3.05, 3.63) is 0 Å². The first kappa shape index (κ1) is 15.4. The highest BCUT2D eigenvalue weighted by molar-refractivity contribution is 5.80. The lowest BCUT2D eigenvalue weighted by Crippen LogP contribution is -2.24. The lowest BCUT2D eigenvalue weighted by atomic mass is 10.4. The van der Waals surface area contributed by atoms with Gasteiger partial charge < -0.3 is 16.0 Å². The molecule has 0 saturated carbocycles. The highest BCUT2D eigenvalue weighted by Crippen LogP contribution is 2.09. The Morgan fingerprint density at radius 2 is 2.06 bits per heavy atom. The molecule has 4 heteroatoms. The van der Waals surface area contributed by atoms with Crippen LogP contribution in [0.2, 0.25) is 0 Å². The van der Waals surface area contributed by atoms with Crippen LogP contribution in [0.1, 0.15) is 39.5 Å². The van der Waals surface area contributed by atoms with E-state index in [1.165, 1.54) is 19.3 Å². The molecule has 0 amide bonds. The highest BCUT2D eigenvalue weighted by atomic mass is 15.2. The molecule has 1 aliphatic heterocycles. The van der Waals surface area contributed by atoms with Gasteiger partial charge in [0.2, 0.25) is 0 Å².